The predicted molar refractivity (Wildman–Crippen MR) is 62.4 cm³/mol. The highest BCUT2D eigenvalue weighted by molar-refractivity contribution is 7.90. The first kappa shape index (κ1) is 13.4. The van der Waals surface area contributed by atoms with Gasteiger partial charge in [-0.3, -0.25) is 9.52 Å². The molecule has 1 saturated heterocycles. The highest BCUT2D eigenvalue weighted by atomic mass is 32.2. The summed E-state index contributed by atoms with van der Waals surface area (Å²) in [5.74, 6) is -0.231. The van der Waals surface area contributed by atoms with Crippen LogP contribution in [-0.2, 0) is 14.8 Å². The van der Waals surface area contributed by atoms with Gasteiger partial charge in [0.15, 0.2) is 0 Å². The van der Waals surface area contributed by atoms with Crippen LogP contribution in [0.4, 0.5) is 0 Å². The Hall–Kier alpha value is -0.620. The lowest BCUT2D eigenvalue weighted by atomic mass is 9.92. The molecule has 16 heavy (non-hydrogen) atoms. The number of amides is 1. The molecule has 1 aliphatic rings. The Bertz CT molecular complexity index is 340. The lowest BCUT2D eigenvalue weighted by Crippen LogP contribution is -2.52. The fourth-order valence-corrected chi connectivity index (χ4v) is 3.01. The quantitative estimate of drug-likeness (QED) is 0.747. The molecule has 2 atom stereocenters. The van der Waals surface area contributed by atoms with Gasteiger partial charge < -0.3 is 5.32 Å². The lowest BCUT2D eigenvalue weighted by Gasteiger charge is -2.28. The number of hydrogen-bond acceptors (Lipinski definition) is 4. The van der Waals surface area contributed by atoms with E-state index in [0.717, 1.165) is 19.4 Å². The molecule has 1 heterocycles. The number of carbonyl (C=O) groups excluding carboxylic acids is 1. The van der Waals surface area contributed by atoms with Gasteiger partial charge in [0.2, 0.25) is 10.0 Å². The van der Waals surface area contributed by atoms with Gasteiger partial charge in [-0.1, -0.05) is 13.8 Å². The van der Waals surface area contributed by atoms with Crippen LogP contribution in [0.1, 0.15) is 33.1 Å². The Kier molecular flexibility index (Phi) is 4.73. The Balaban J connectivity index is 2.57. The van der Waals surface area contributed by atoms with Crippen LogP contribution in [-0.4, -0.2) is 32.7 Å². The van der Waals surface area contributed by atoms with E-state index in [1.165, 1.54) is 0 Å². The van der Waals surface area contributed by atoms with Gasteiger partial charge >= 0.3 is 0 Å². The maximum absolute atomic E-state index is 11.7. The summed E-state index contributed by atoms with van der Waals surface area (Å²) in [6.07, 6.45) is 2.50. The second-order valence-corrected chi connectivity index (χ2v) is 6.18. The van der Waals surface area contributed by atoms with E-state index in [0.29, 0.717) is 6.42 Å². The number of hydrogen-bond donors (Lipinski definition) is 2. The predicted octanol–water partition coefficient (Wildman–Crippen LogP) is 0.231. The molecule has 5 nitrogen and oxygen atoms in total. The van der Waals surface area contributed by atoms with Crippen LogP contribution < -0.4 is 10.0 Å². The fourth-order valence-electron chi connectivity index (χ4n) is 1.94. The van der Waals surface area contributed by atoms with Crippen molar-refractivity contribution in [3.8, 4) is 0 Å². The third-order valence-electron chi connectivity index (χ3n) is 2.78. The van der Waals surface area contributed by atoms with Gasteiger partial charge in [-0.15, -0.1) is 0 Å². The standard InChI is InChI=1S/C10H20N2O3S/c1-3-7-16(14,15)12-10(13)9-8(2)5-4-6-11-9/h8-9,11H,3-7H2,1-2H3,(H,12,13). The minimum absolute atomic E-state index is 0.000158. The Labute approximate surface area is 97.0 Å². The topological polar surface area (TPSA) is 75.3 Å². The number of sulfonamides is 1. The van der Waals surface area contributed by atoms with E-state index in [-0.39, 0.29) is 17.7 Å². The van der Waals surface area contributed by atoms with Crippen LogP contribution in [0.5, 0.6) is 0 Å². The first-order chi connectivity index (χ1) is 7.46. The van der Waals surface area contributed by atoms with Crippen molar-refractivity contribution in [1.29, 1.82) is 0 Å². The summed E-state index contributed by atoms with van der Waals surface area (Å²) in [7, 11) is -3.44. The Morgan fingerprint density at radius 2 is 2.19 bits per heavy atom. The highest BCUT2D eigenvalue weighted by Gasteiger charge is 2.29. The summed E-state index contributed by atoms with van der Waals surface area (Å²) in [4.78, 5) is 11.7. The summed E-state index contributed by atoms with van der Waals surface area (Å²) >= 11 is 0. The molecule has 94 valence electrons. The first-order valence-corrected chi connectivity index (χ1v) is 7.39. The maximum atomic E-state index is 11.7. The van der Waals surface area contributed by atoms with Crippen LogP contribution in [0.2, 0.25) is 0 Å². The van der Waals surface area contributed by atoms with Gasteiger partial charge in [0.1, 0.15) is 0 Å². The van der Waals surface area contributed by atoms with E-state index in [4.69, 9.17) is 0 Å². The van der Waals surface area contributed by atoms with Crippen molar-refractivity contribution in [2.45, 2.75) is 39.2 Å². The normalized spacial score (nSPS) is 26.4. The van der Waals surface area contributed by atoms with E-state index >= 15 is 0 Å². The van der Waals surface area contributed by atoms with E-state index < -0.39 is 15.9 Å². The largest absolute Gasteiger partial charge is 0.306 e. The molecule has 1 aliphatic heterocycles. The zero-order chi connectivity index (χ0) is 12.2. The third kappa shape index (κ3) is 3.75. The molecule has 2 unspecified atom stereocenters. The molecular formula is C10H20N2O3S. The molecule has 6 heteroatoms. The van der Waals surface area contributed by atoms with Crippen molar-refractivity contribution in [3.63, 3.8) is 0 Å². The highest BCUT2D eigenvalue weighted by Crippen LogP contribution is 2.15. The monoisotopic (exact) mass is 248 g/mol. The summed E-state index contributed by atoms with van der Waals surface area (Å²) in [5, 5.41) is 3.06. The van der Waals surface area contributed by atoms with E-state index in [2.05, 4.69) is 10.0 Å². The van der Waals surface area contributed by atoms with Crippen LogP contribution >= 0.6 is 0 Å². The smallest absolute Gasteiger partial charge is 0.250 e. The van der Waals surface area contributed by atoms with Crippen molar-refractivity contribution in [2.24, 2.45) is 5.92 Å². The van der Waals surface area contributed by atoms with Crippen LogP contribution in [0, 0.1) is 5.92 Å². The number of rotatable bonds is 4. The molecule has 0 aromatic rings. The molecule has 1 fully saturated rings. The molecule has 0 saturated carbocycles. The van der Waals surface area contributed by atoms with E-state index in [9.17, 15) is 13.2 Å². The minimum atomic E-state index is -3.44. The third-order valence-corrected chi connectivity index (χ3v) is 4.24. The molecule has 0 bridgehead atoms. The summed E-state index contributed by atoms with van der Waals surface area (Å²) in [5.41, 5.74) is 0. The zero-order valence-corrected chi connectivity index (χ0v) is 10.6. The second-order valence-electron chi connectivity index (χ2n) is 4.34. The van der Waals surface area contributed by atoms with Crippen molar-refractivity contribution in [2.75, 3.05) is 12.3 Å². The van der Waals surface area contributed by atoms with Gasteiger partial charge in [0, 0.05) is 0 Å². The fraction of sp³-hybridized carbons (Fsp3) is 0.900. The number of piperidine rings is 1. The molecule has 2 N–H and O–H groups in total. The zero-order valence-electron chi connectivity index (χ0n) is 9.82. The first-order valence-electron chi connectivity index (χ1n) is 5.74. The van der Waals surface area contributed by atoms with Gasteiger partial charge in [-0.2, -0.15) is 0 Å². The Morgan fingerprint density at radius 3 is 2.75 bits per heavy atom. The number of nitrogens with one attached hydrogen (secondary N) is 2. The van der Waals surface area contributed by atoms with Crippen molar-refractivity contribution >= 4 is 15.9 Å². The second kappa shape index (κ2) is 5.63. The van der Waals surface area contributed by atoms with E-state index in [1.54, 1.807) is 6.92 Å². The summed E-state index contributed by atoms with van der Waals surface area (Å²) in [6.45, 7) is 4.50. The SMILES string of the molecule is CCCS(=O)(=O)NC(=O)C1NCCCC1C. The van der Waals surface area contributed by atoms with Gasteiger partial charge in [-0.05, 0) is 31.7 Å². The molecule has 0 spiro atoms. The van der Waals surface area contributed by atoms with Crippen LogP contribution in [0.3, 0.4) is 0 Å². The summed E-state index contributed by atoms with van der Waals surface area (Å²) < 4.78 is 25.0. The van der Waals surface area contributed by atoms with Crippen LogP contribution in [0.25, 0.3) is 0 Å². The molecule has 0 aromatic heterocycles. The molecular weight excluding hydrogens is 228 g/mol. The molecule has 1 amide bonds. The van der Waals surface area contributed by atoms with Gasteiger partial charge in [0.25, 0.3) is 5.91 Å². The van der Waals surface area contributed by atoms with Crippen molar-refractivity contribution in [1.82, 2.24) is 10.0 Å². The van der Waals surface area contributed by atoms with Gasteiger partial charge in [-0.25, -0.2) is 8.42 Å². The lowest BCUT2D eigenvalue weighted by molar-refractivity contribution is -0.123. The molecule has 1 rings (SSSR count). The summed E-state index contributed by atoms with van der Waals surface area (Å²) in [6, 6.07) is -0.375. The van der Waals surface area contributed by atoms with Crippen LogP contribution in [0.15, 0.2) is 0 Å². The van der Waals surface area contributed by atoms with Gasteiger partial charge in [0.05, 0.1) is 11.8 Å². The molecule has 0 aliphatic carbocycles. The minimum Gasteiger partial charge on any atom is -0.306 e. The maximum Gasteiger partial charge on any atom is 0.250 e. The molecule has 0 aromatic carbocycles. The molecule has 0 radical (unpaired) electrons. The van der Waals surface area contributed by atoms with Crippen molar-refractivity contribution < 1.29 is 13.2 Å². The van der Waals surface area contributed by atoms with Crippen molar-refractivity contribution in [3.05, 3.63) is 0 Å². The number of carbonyl (C=O) groups is 1. The average Bonchev–Trinajstić information content (AvgIpc) is 2.17. The van der Waals surface area contributed by atoms with E-state index in [1.807, 2.05) is 6.92 Å². The Morgan fingerprint density at radius 1 is 1.50 bits per heavy atom. The average molecular weight is 248 g/mol.